The fourth-order valence-electron chi connectivity index (χ4n) is 2.86. The Morgan fingerprint density at radius 3 is 2.50 bits per heavy atom. The van der Waals surface area contributed by atoms with Crippen LogP contribution in [-0.2, 0) is 6.42 Å². The van der Waals surface area contributed by atoms with Gasteiger partial charge in [0.1, 0.15) is 5.82 Å². The third kappa shape index (κ3) is 2.34. The van der Waals surface area contributed by atoms with Crippen molar-refractivity contribution in [2.75, 3.05) is 0 Å². The molecule has 4 rings (SSSR count). The van der Waals surface area contributed by atoms with E-state index in [1.165, 1.54) is 12.1 Å². The molecule has 0 bridgehead atoms. The number of aromatic nitrogens is 4. The predicted molar refractivity (Wildman–Crippen MR) is 91.0 cm³/mol. The maximum absolute atomic E-state index is 13.3. The quantitative estimate of drug-likeness (QED) is 0.569. The standard InChI is InChI=1S/C19H15FN4/c1-2-15-18(13-6-8-14(20)9-7-13)19-22-12-10-17(24(19)23-15)16-5-3-4-11-21-16/h3-12H,2H2,1H3. The minimum atomic E-state index is -0.254. The van der Waals surface area contributed by atoms with Gasteiger partial charge in [0, 0.05) is 18.0 Å². The van der Waals surface area contributed by atoms with Gasteiger partial charge < -0.3 is 0 Å². The monoisotopic (exact) mass is 318 g/mol. The lowest BCUT2D eigenvalue weighted by Gasteiger charge is -2.04. The molecule has 0 atom stereocenters. The molecule has 0 saturated heterocycles. The van der Waals surface area contributed by atoms with E-state index in [9.17, 15) is 4.39 Å². The van der Waals surface area contributed by atoms with E-state index in [4.69, 9.17) is 5.10 Å². The zero-order valence-electron chi connectivity index (χ0n) is 13.1. The third-order valence-electron chi connectivity index (χ3n) is 3.99. The van der Waals surface area contributed by atoms with Crippen LogP contribution in [0.3, 0.4) is 0 Å². The van der Waals surface area contributed by atoms with Crippen molar-refractivity contribution in [1.82, 2.24) is 19.6 Å². The van der Waals surface area contributed by atoms with Crippen molar-refractivity contribution in [3.8, 4) is 22.5 Å². The Kier molecular flexibility index (Phi) is 3.54. The summed E-state index contributed by atoms with van der Waals surface area (Å²) in [7, 11) is 0. The fraction of sp³-hybridized carbons (Fsp3) is 0.105. The van der Waals surface area contributed by atoms with Crippen LogP contribution >= 0.6 is 0 Å². The Bertz CT molecular complexity index is 991. The summed E-state index contributed by atoms with van der Waals surface area (Å²) in [6.45, 7) is 2.05. The molecule has 118 valence electrons. The van der Waals surface area contributed by atoms with Crippen LogP contribution in [0.15, 0.2) is 60.9 Å². The van der Waals surface area contributed by atoms with Crippen LogP contribution in [0.5, 0.6) is 0 Å². The lowest BCUT2D eigenvalue weighted by Crippen LogP contribution is -1.97. The van der Waals surface area contributed by atoms with E-state index >= 15 is 0 Å². The molecule has 0 unspecified atom stereocenters. The number of halogens is 1. The van der Waals surface area contributed by atoms with E-state index in [2.05, 4.69) is 16.9 Å². The largest absolute Gasteiger partial charge is 0.255 e. The van der Waals surface area contributed by atoms with E-state index in [-0.39, 0.29) is 5.82 Å². The van der Waals surface area contributed by atoms with Gasteiger partial charge in [-0.1, -0.05) is 25.1 Å². The van der Waals surface area contributed by atoms with Crippen molar-refractivity contribution < 1.29 is 4.39 Å². The van der Waals surface area contributed by atoms with Crippen LogP contribution < -0.4 is 0 Å². The zero-order chi connectivity index (χ0) is 16.5. The molecule has 0 aliphatic carbocycles. The van der Waals surface area contributed by atoms with Crippen molar-refractivity contribution in [2.45, 2.75) is 13.3 Å². The minimum Gasteiger partial charge on any atom is -0.255 e. The van der Waals surface area contributed by atoms with Gasteiger partial charge in [0.15, 0.2) is 5.65 Å². The van der Waals surface area contributed by atoms with Crippen molar-refractivity contribution in [1.29, 1.82) is 0 Å². The van der Waals surface area contributed by atoms with Gasteiger partial charge in [-0.3, -0.25) is 4.98 Å². The van der Waals surface area contributed by atoms with Crippen molar-refractivity contribution in [3.05, 3.63) is 72.4 Å². The smallest absolute Gasteiger partial charge is 0.163 e. The van der Waals surface area contributed by atoms with Crippen molar-refractivity contribution >= 4 is 5.65 Å². The van der Waals surface area contributed by atoms with Gasteiger partial charge in [0.05, 0.1) is 17.1 Å². The molecule has 0 radical (unpaired) electrons. The topological polar surface area (TPSA) is 43.1 Å². The van der Waals surface area contributed by atoms with Crippen LogP contribution in [0, 0.1) is 5.82 Å². The van der Waals surface area contributed by atoms with Gasteiger partial charge >= 0.3 is 0 Å². The molecule has 24 heavy (non-hydrogen) atoms. The number of fused-ring (bicyclic) bond motifs is 1. The molecule has 0 aliphatic rings. The lowest BCUT2D eigenvalue weighted by atomic mass is 10.0. The number of rotatable bonds is 3. The normalized spacial score (nSPS) is 11.1. The molecule has 3 heterocycles. The average molecular weight is 318 g/mol. The van der Waals surface area contributed by atoms with Crippen LogP contribution in [0.25, 0.3) is 28.2 Å². The highest BCUT2D eigenvalue weighted by atomic mass is 19.1. The van der Waals surface area contributed by atoms with Gasteiger partial charge in [-0.25, -0.2) is 13.9 Å². The molecular formula is C19H15FN4. The summed E-state index contributed by atoms with van der Waals surface area (Å²) < 4.78 is 15.1. The highest BCUT2D eigenvalue weighted by Crippen LogP contribution is 2.30. The molecule has 0 amide bonds. The highest BCUT2D eigenvalue weighted by molar-refractivity contribution is 5.81. The predicted octanol–water partition coefficient (Wildman–Crippen LogP) is 4.16. The number of benzene rings is 1. The summed E-state index contributed by atoms with van der Waals surface area (Å²) in [5.41, 5.74) is 5.24. The number of pyridine rings is 1. The van der Waals surface area contributed by atoms with Gasteiger partial charge in [-0.05, 0) is 42.3 Å². The Hall–Kier alpha value is -3.08. The first-order valence-electron chi connectivity index (χ1n) is 7.82. The highest BCUT2D eigenvalue weighted by Gasteiger charge is 2.17. The first-order valence-corrected chi connectivity index (χ1v) is 7.82. The second-order valence-electron chi connectivity index (χ2n) is 5.46. The fourth-order valence-corrected chi connectivity index (χ4v) is 2.86. The van der Waals surface area contributed by atoms with Crippen LogP contribution in [-0.4, -0.2) is 19.6 Å². The number of hydrogen-bond acceptors (Lipinski definition) is 3. The van der Waals surface area contributed by atoms with Gasteiger partial charge in [0.25, 0.3) is 0 Å². The first-order chi connectivity index (χ1) is 11.8. The molecule has 0 saturated carbocycles. The maximum atomic E-state index is 13.3. The van der Waals surface area contributed by atoms with Gasteiger partial charge in [0.2, 0.25) is 0 Å². The summed E-state index contributed by atoms with van der Waals surface area (Å²) in [6, 6.07) is 14.1. The van der Waals surface area contributed by atoms with E-state index in [0.29, 0.717) is 0 Å². The van der Waals surface area contributed by atoms with E-state index in [1.54, 1.807) is 24.5 Å². The molecule has 0 aliphatic heterocycles. The SMILES string of the molecule is CCc1nn2c(-c3ccccn3)ccnc2c1-c1ccc(F)cc1. The Labute approximate surface area is 138 Å². The molecule has 5 heteroatoms. The van der Waals surface area contributed by atoms with Crippen LogP contribution in [0.1, 0.15) is 12.6 Å². The van der Waals surface area contributed by atoms with E-state index < -0.39 is 0 Å². The molecule has 4 nitrogen and oxygen atoms in total. The molecule has 1 aromatic carbocycles. The van der Waals surface area contributed by atoms with Crippen LogP contribution in [0.4, 0.5) is 4.39 Å². The minimum absolute atomic E-state index is 0.254. The van der Waals surface area contributed by atoms with Crippen molar-refractivity contribution in [3.63, 3.8) is 0 Å². The summed E-state index contributed by atoms with van der Waals surface area (Å²) >= 11 is 0. The Balaban J connectivity index is 2.00. The molecule has 0 fully saturated rings. The lowest BCUT2D eigenvalue weighted by molar-refractivity contribution is 0.628. The Morgan fingerprint density at radius 1 is 0.958 bits per heavy atom. The Morgan fingerprint density at radius 2 is 1.79 bits per heavy atom. The van der Waals surface area contributed by atoms with E-state index in [0.717, 1.165) is 40.3 Å². The first kappa shape index (κ1) is 14.5. The number of nitrogens with zero attached hydrogens (tertiary/aromatic N) is 4. The van der Waals surface area contributed by atoms with Crippen LogP contribution in [0.2, 0.25) is 0 Å². The molecule has 0 N–H and O–H groups in total. The third-order valence-corrected chi connectivity index (χ3v) is 3.99. The maximum Gasteiger partial charge on any atom is 0.163 e. The van der Waals surface area contributed by atoms with E-state index in [1.807, 2.05) is 28.8 Å². The molecule has 3 aromatic heterocycles. The number of aryl methyl sites for hydroxylation is 1. The molecular weight excluding hydrogens is 303 g/mol. The molecule has 0 spiro atoms. The molecule has 4 aromatic rings. The van der Waals surface area contributed by atoms with Gasteiger partial charge in [-0.2, -0.15) is 5.10 Å². The second kappa shape index (κ2) is 5.85. The summed E-state index contributed by atoms with van der Waals surface area (Å²) in [6.07, 6.45) is 4.28. The van der Waals surface area contributed by atoms with Crippen molar-refractivity contribution in [2.24, 2.45) is 0 Å². The number of hydrogen-bond donors (Lipinski definition) is 0. The zero-order valence-corrected chi connectivity index (χ0v) is 13.1. The average Bonchev–Trinajstić information content (AvgIpc) is 3.02. The second-order valence-corrected chi connectivity index (χ2v) is 5.46. The van der Waals surface area contributed by atoms with Gasteiger partial charge in [-0.15, -0.1) is 0 Å². The summed E-state index contributed by atoms with van der Waals surface area (Å²) in [5, 5.41) is 4.73. The summed E-state index contributed by atoms with van der Waals surface area (Å²) in [5.74, 6) is -0.254. The summed E-state index contributed by atoms with van der Waals surface area (Å²) in [4.78, 5) is 8.92.